The van der Waals surface area contributed by atoms with Gasteiger partial charge in [-0.15, -0.1) is 0 Å². The van der Waals surface area contributed by atoms with E-state index >= 15 is 0 Å². The quantitative estimate of drug-likeness (QED) is 0.287. The van der Waals surface area contributed by atoms with Crippen molar-refractivity contribution in [3.63, 3.8) is 0 Å². The molecule has 0 aliphatic rings. The van der Waals surface area contributed by atoms with Gasteiger partial charge in [-0.3, -0.25) is 9.35 Å². The van der Waals surface area contributed by atoms with Crippen molar-refractivity contribution in [2.75, 3.05) is 0 Å². The molecule has 0 spiro atoms. The minimum atomic E-state index is -4.43. The van der Waals surface area contributed by atoms with Gasteiger partial charge in [-0.25, -0.2) is 4.72 Å². The topological polar surface area (TPSA) is 83.5 Å². The fraction of sp³-hybridized carbons (Fsp3) is 0.250. The Hall–Kier alpha value is 2.39. The third-order valence-electron chi connectivity index (χ3n) is 0.609. The molecule has 5 nitrogen and oxygen atoms in total. The normalized spacial score (nSPS) is 8.83. The number of carbonyl (C=O) groups excluding carboxylic acids is 1. The average molecular weight is 243 g/mol. The predicted molar refractivity (Wildman–Crippen MR) is 34.5 cm³/mol. The minimum Gasteiger partial charge on any atom is -0.269 e. The van der Waals surface area contributed by atoms with E-state index < -0.39 is 16.2 Å². The molecule has 8 heteroatoms. The van der Waals surface area contributed by atoms with Gasteiger partial charge in [-0.1, -0.05) is 6.58 Å². The van der Waals surface area contributed by atoms with Crippen LogP contribution in [0.25, 0.3) is 0 Å². The molecule has 2 N–H and O–H groups in total. The van der Waals surface area contributed by atoms with Crippen molar-refractivity contribution < 1.29 is 121 Å². The van der Waals surface area contributed by atoms with E-state index in [0.717, 1.165) is 0 Å². The van der Waals surface area contributed by atoms with Gasteiger partial charge in [-0.2, -0.15) is 8.42 Å². The Labute approximate surface area is 156 Å². The molecule has 0 unspecified atom stereocenters. The van der Waals surface area contributed by atoms with Crippen LogP contribution in [0.3, 0.4) is 0 Å². The largest absolute Gasteiger partial charge is 1.00 e. The number of hydrogen-bond donors (Lipinski definition) is 2. The molecule has 0 heterocycles. The van der Waals surface area contributed by atoms with Gasteiger partial charge in [0.2, 0.25) is 0 Å². The van der Waals surface area contributed by atoms with Crippen LogP contribution in [0.1, 0.15) is 6.92 Å². The van der Waals surface area contributed by atoms with E-state index in [1.165, 1.54) is 11.6 Å². The first-order chi connectivity index (χ1) is 4.33. The van der Waals surface area contributed by atoms with E-state index in [4.69, 9.17) is 4.55 Å². The molecule has 1 amide bonds. The van der Waals surface area contributed by atoms with Crippen LogP contribution < -0.4 is 107 Å². The molecular weight excluding hydrogens is 236 g/mol. The number of nitrogens with one attached hydrogen (secondary N) is 1. The zero-order chi connectivity index (χ0) is 8.36. The van der Waals surface area contributed by atoms with Crippen LogP contribution in [0.2, 0.25) is 0 Å². The summed E-state index contributed by atoms with van der Waals surface area (Å²) in [6, 6.07) is 0. The molecule has 0 atom stereocenters. The van der Waals surface area contributed by atoms with E-state index in [1.807, 2.05) is 0 Å². The summed E-state index contributed by atoms with van der Waals surface area (Å²) in [5, 5.41) is 0. The molecule has 58 valence electrons. The summed E-state index contributed by atoms with van der Waals surface area (Å²) >= 11 is 0. The molecule has 0 saturated heterocycles. The van der Waals surface area contributed by atoms with Gasteiger partial charge in [0.15, 0.2) is 0 Å². The number of amides is 1. The molecule has 0 fully saturated rings. The zero-order valence-corrected chi connectivity index (χ0v) is 14.4. The van der Waals surface area contributed by atoms with Gasteiger partial charge in [0.25, 0.3) is 5.91 Å². The van der Waals surface area contributed by atoms with Crippen LogP contribution in [-0.4, -0.2) is 18.9 Å². The monoisotopic (exact) mass is 243 g/mol. The van der Waals surface area contributed by atoms with Crippen molar-refractivity contribution >= 4 is 16.2 Å². The summed E-state index contributed by atoms with van der Waals surface area (Å²) in [4.78, 5) is 10.4. The zero-order valence-electron chi connectivity index (χ0n) is 7.29. The molecule has 0 rings (SSSR count). The van der Waals surface area contributed by atoms with E-state index in [0.29, 0.717) is 0 Å². The number of carbonyl (C=O) groups is 1. The number of hydrogen-bond acceptors (Lipinski definition) is 3. The Morgan fingerprint density at radius 3 is 1.83 bits per heavy atom. The molecule has 0 aromatic rings. The van der Waals surface area contributed by atoms with Gasteiger partial charge in [-0.05, 0) is 6.92 Å². The second kappa shape index (κ2) is 8.68. The van der Waals surface area contributed by atoms with Crippen LogP contribution in [0.4, 0.5) is 0 Å². The number of rotatable bonds is 2. The van der Waals surface area contributed by atoms with Crippen molar-refractivity contribution in [2.24, 2.45) is 0 Å². The molecule has 0 saturated carbocycles. The van der Waals surface area contributed by atoms with Crippen LogP contribution in [-0.2, 0) is 15.1 Å². The summed E-state index contributed by atoms with van der Waals surface area (Å²) in [6.45, 7) is 4.47. The Kier molecular flexibility index (Phi) is 14.4. The molecule has 0 aliphatic heterocycles. The van der Waals surface area contributed by atoms with Crippen molar-refractivity contribution in [2.45, 2.75) is 6.92 Å². The molecule has 0 aromatic heterocycles. The molecule has 0 aromatic carbocycles. The first-order valence-electron chi connectivity index (χ1n) is 2.28. The maximum absolute atomic E-state index is 10.4. The maximum atomic E-state index is 10.4. The van der Waals surface area contributed by atoms with Gasteiger partial charge in [0.05, 0.1) is 0 Å². The Bertz CT molecular complexity index is 260. The van der Waals surface area contributed by atoms with Gasteiger partial charge >= 0.3 is 113 Å². The molecule has 0 bridgehead atoms. The Morgan fingerprint density at radius 2 is 1.75 bits per heavy atom. The van der Waals surface area contributed by atoms with E-state index in [1.54, 1.807) is 0 Å². The molecule has 0 aliphatic carbocycles. The summed E-state index contributed by atoms with van der Waals surface area (Å²) in [6.07, 6.45) is 0. The maximum Gasteiger partial charge on any atom is 1.00 e. The van der Waals surface area contributed by atoms with Crippen LogP contribution in [0.5, 0.6) is 0 Å². The standard InChI is InChI=1S/C4H7NO4S.2K/c1-3(2)4(6)5-10(7,8)9;;/h1H2,2H3,(H,5,6)(H,7,8,9);;/q;2*+1. The third kappa shape index (κ3) is 12.4. The van der Waals surface area contributed by atoms with Gasteiger partial charge in [0, 0.05) is 5.57 Å². The second-order valence-electron chi connectivity index (χ2n) is 1.69. The van der Waals surface area contributed by atoms with Crippen molar-refractivity contribution in [1.82, 2.24) is 4.72 Å². The smallest absolute Gasteiger partial charge is 0.269 e. The summed E-state index contributed by atoms with van der Waals surface area (Å²) in [7, 11) is -4.43. The van der Waals surface area contributed by atoms with E-state index in [2.05, 4.69) is 6.58 Å². The van der Waals surface area contributed by atoms with Crippen molar-refractivity contribution in [3.05, 3.63) is 12.2 Å². The van der Waals surface area contributed by atoms with Crippen LogP contribution >= 0.6 is 0 Å². The first kappa shape index (κ1) is 19.9. The Morgan fingerprint density at radius 1 is 1.42 bits per heavy atom. The van der Waals surface area contributed by atoms with Crippen LogP contribution in [0, 0.1) is 0 Å². The predicted octanol–water partition coefficient (Wildman–Crippen LogP) is -6.51. The summed E-state index contributed by atoms with van der Waals surface area (Å²) in [5.41, 5.74) is 0.0117. The Balaban J connectivity index is -0.000000405. The summed E-state index contributed by atoms with van der Waals surface area (Å²) in [5.74, 6) is -0.914. The van der Waals surface area contributed by atoms with Crippen LogP contribution in [0.15, 0.2) is 12.2 Å². The molecule has 12 heavy (non-hydrogen) atoms. The third-order valence-corrected chi connectivity index (χ3v) is 1.05. The average Bonchev–Trinajstić information content (AvgIpc) is 1.60. The molecule has 0 radical (unpaired) electrons. The fourth-order valence-corrected chi connectivity index (χ4v) is 0.613. The first-order valence-corrected chi connectivity index (χ1v) is 3.72. The summed E-state index contributed by atoms with van der Waals surface area (Å²) < 4.78 is 29.2. The van der Waals surface area contributed by atoms with Crippen molar-refractivity contribution in [3.8, 4) is 0 Å². The second-order valence-corrected chi connectivity index (χ2v) is 2.84. The van der Waals surface area contributed by atoms with Gasteiger partial charge in [0.1, 0.15) is 0 Å². The minimum absolute atomic E-state index is 0. The SMILES string of the molecule is C=C(C)C(=O)NS(=O)(=O)O.[K+].[K+]. The fourth-order valence-electron chi connectivity index (χ4n) is 0.204. The van der Waals surface area contributed by atoms with Gasteiger partial charge < -0.3 is 0 Å². The van der Waals surface area contributed by atoms with E-state index in [-0.39, 0.29) is 108 Å². The van der Waals surface area contributed by atoms with Crippen molar-refractivity contribution in [1.29, 1.82) is 0 Å². The molecular formula is C4H7K2NO4S+2. The van der Waals surface area contributed by atoms with E-state index in [9.17, 15) is 13.2 Å².